The summed E-state index contributed by atoms with van der Waals surface area (Å²) in [5, 5.41) is 18.3. The smallest absolute Gasteiger partial charge is 0.252 e. The Morgan fingerprint density at radius 1 is 1.27 bits per heavy atom. The molecular formula is C20H22N4O2. The lowest BCUT2D eigenvalue weighted by molar-refractivity contribution is 0.0844. The van der Waals surface area contributed by atoms with Crippen LogP contribution in [0.25, 0.3) is 11.0 Å². The Balaban J connectivity index is 1.72. The molecule has 134 valence electrons. The summed E-state index contributed by atoms with van der Waals surface area (Å²) in [4.78, 5) is 17.7. The first-order valence-electron chi connectivity index (χ1n) is 8.73. The predicted octanol–water partition coefficient (Wildman–Crippen LogP) is 1.84. The molecule has 1 aliphatic rings. The lowest BCUT2D eigenvalue weighted by Gasteiger charge is -2.28. The molecule has 4 rings (SSSR count). The van der Waals surface area contributed by atoms with Crippen LogP contribution in [0, 0.1) is 13.8 Å². The fourth-order valence-electron chi connectivity index (χ4n) is 3.99. The monoisotopic (exact) mass is 350 g/mol. The maximum atomic E-state index is 13.2. The maximum Gasteiger partial charge on any atom is 0.252 e. The van der Waals surface area contributed by atoms with Crippen LogP contribution in [-0.2, 0) is 19.9 Å². The third-order valence-electron chi connectivity index (χ3n) is 5.20. The highest BCUT2D eigenvalue weighted by molar-refractivity contribution is 6.06. The first kappa shape index (κ1) is 16.7. The van der Waals surface area contributed by atoms with E-state index in [0.29, 0.717) is 24.1 Å². The van der Waals surface area contributed by atoms with Gasteiger partial charge < -0.3 is 10.4 Å². The Labute approximate surface area is 151 Å². The molecule has 0 radical (unpaired) electrons. The molecule has 6 heteroatoms. The normalized spacial score (nSPS) is 15.2. The number of nitrogens with one attached hydrogen (secondary N) is 1. The molecule has 0 unspecified atom stereocenters. The van der Waals surface area contributed by atoms with Crippen LogP contribution in [0.4, 0.5) is 0 Å². The SMILES string of the molecule is Cc1cc(C(=O)NC2(CO)Cc3ccccc3C2)c2c(C)nn(C)c2n1. The third kappa shape index (κ3) is 2.57. The Kier molecular flexibility index (Phi) is 3.80. The van der Waals surface area contributed by atoms with Gasteiger partial charge in [0.1, 0.15) is 0 Å². The number of carbonyl (C=O) groups excluding carboxylic acids is 1. The van der Waals surface area contributed by atoms with Crippen molar-refractivity contribution in [3.8, 4) is 0 Å². The largest absolute Gasteiger partial charge is 0.394 e. The minimum atomic E-state index is -0.666. The fraction of sp³-hybridized carbons (Fsp3) is 0.350. The van der Waals surface area contributed by atoms with Crippen molar-refractivity contribution >= 4 is 16.9 Å². The van der Waals surface area contributed by atoms with Crippen LogP contribution >= 0.6 is 0 Å². The van der Waals surface area contributed by atoms with E-state index >= 15 is 0 Å². The predicted molar refractivity (Wildman–Crippen MR) is 99.1 cm³/mol. The van der Waals surface area contributed by atoms with Gasteiger partial charge >= 0.3 is 0 Å². The molecule has 1 aromatic carbocycles. The highest BCUT2D eigenvalue weighted by Crippen LogP contribution is 2.31. The number of carbonyl (C=O) groups is 1. The van der Waals surface area contributed by atoms with Crippen molar-refractivity contribution in [2.24, 2.45) is 7.05 Å². The summed E-state index contributed by atoms with van der Waals surface area (Å²) in [5.41, 5.74) is 4.47. The van der Waals surface area contributed by atoms with Crippen molar-refractivity contribution in [1.82, 2.24) is 20.1 Å². The number of aliphatic hydroxyl groups is 1. The zero-order chi connectivity index (χ0) is 18.5. The average Bonchev–Trinajstić information content (AvgIpc) is 3.12. The lowest BCUT2D eigenvalue weighted by Crippen LogP contribution is -2.52. The summed E-state index contributed by atoms with van der Waals surface area (Å²) in [6, 6.07) is 9.88. The number of benzene rings is 1. The van der Waals surface area contributed by atoms with Crippen LogP contribution in [0.3, 0.4) is 0 Å². The molecule has 3 aromatic rings. The van der Waals surface area contributed by atoms with Gasteiger partial charge in [-0.2, -0.15) is 5.10 Å². The van der Waals surface area contributed by atoms with Crippen LogP contribution in [0.5, 0.6) is 0 Å². The third-order valence-corrected chi connectivity index (χ3v) is 5.20. The number of fused-ring (bicyclic) bond motifs is 2. The number of amides is 1. The Morgan fingerprint density at radius 3 is 2.54 bits per heavy atom. The number of hydrogen-bond acceptors (Lipinski definition) is 4. The minimum Gasteiger partial charge on any atom is -0.394 e. The van der Waals surface area contributed by atoms with Crippen molar-refractivity contribution in [1.29, 1.82) is 0 Å². The number of rotatable bonds is 3. The van der Waals surface area contributed by atoms with E-state index in [9.17, 15) is 9.90 Å². The highest BCUT2D eigenvalue weighted by Gasteiger charge is 2.38. The molecule has 0 saturated carbocycles. The summed E-state index contributed by atoms with van der Waals surface area (Å²) >= 11 is 0. The molecule has 0 fully saturated rings. The molecule has 0 bridgehead atoms. The van der Waals surface area contributed by atoms with Gasteiger partial charge in [-0.05, 0) is 43.9 Å². The van der Waals surface area contributed by atoms with Crippen molar-refractivity contribution in [3.63, 3.8) is 0 Å². The fourth-order valence-corrected chi connectivity index (χ4v) is 3.99. The van der Waals surface area contributed by atoms with Gasteiger partial charge in [-0.25, -0.2) is 4.98 Å². The minimum absolute atomic E-state index is 0.105. The van der Waals surface area contributed by atoms with Gasteiger partial charge in [-0.15, -0.1) is 0 Å². The Morgan fingerprint density at radius 2 is 1.92 bits per heavy atom. The van der Waals surface area contributed by atoms with E-state index in [1.807, 2.05) is 33.0 Å². The molecule has 2 aromatic heterocycles. The summed E-state index contributed by atoms with van der Waals surface area (Å²) in [7, 11) is 1.83. The molecule has 0 aliphatic heterocycles. The molecule has 2 heterocycles. The first-order valence-corrected chi connectivity index (χ1v) is 8.73. The van der Waals surface area contributed by atoms with Crippen molar-refractivity contribution < 1.29 is 9.90 Å². The van der Waals surface area contributed by atoms with E-state index in [2.05, 4.69) is 27.5 Å². The molecule has 1 amide bonds. The Hall–Kier alpha value is -2.73. The zero-order valence-electron chi connectivity index (χ0n) is 15.2. The second-order valence-electron chi connectivity index (χ2n) is 7.23. The molecule has 1 aliphatic carbocycles. The number of aliphatic hydroxyl groups excluding tert-OH is 1. The second-order valence-corrected chi connectivity index (χ2v) is 7.23. The number of aromatic nitrogens is 3. The quantitative estimate of drug-likeness (QED) is 0.755. The van der Waals surface area contributed by atoms with E-state index in [1.165, 1.54) is 11.1 Å². The van der Waals surface area contributed by atoms with Crippen LogP contribution in [0.15, 0.2) is 30.3 Å². The van der Waals surface area contributed by atoms with Crippen LogP contribution < -0.4 is 5.32 Å². The van der Waals surface area contributed by atoms with Gasteiger partial charge in [-0.1, -0.05) is 24.3 Å². The maximum absolute atomic E-state index is 13.2. The van der Waals surface area contributed by atoms with Crippen molar-refractivity contribution in [2.45, 2.75) is 32.2 Å². The van der Waals surface area contributed by atoms with Gasteiger partial charge in [0.05, 0.1) is 28.8 Å². The summed E-state index contributed by atoms with van der Waals surface area (Å²) < 4.78 is 1.70. The highest BCUT2D eigenvalue weighted by atomic mass is 16.3. The zero-order valence-corrected chi connectivity index (χ0v) is 15.2. The second kappa shape index (κ2) is 5.92. The number of aryl methyl sites for hydroxylation is 3. The van der Waals surface area contributed by atoms with Gasteiger partial charge in [0.2, 0.25) is 0 Å². The van der Waals surface area contributed by atoms with Crippen LogP contribution in [0.2, 0.25) is 0 Å². The molecule has 0 atom stereocenters. The lowest BCUT2D eigenvalue weighted by atomic mass is 9.95. The first-order chi connectivity index (χ1) is 12.4. The van der Waals surface area contributed by atoms with Crippen molar-refractivity contribution in [3.05, 3.63) is 58.4 Å². The molecule has 0 spiro atoms. The molecular weight excluding hydrogens is 328 g/mol. The van der Waals surface area contributed by atoms with Gasteiger partial charge in [0.15, 0.2) is 5.65 Å². The Bertz CT molecular complexity index is 997. The van der Waals surface area contributed by atoms with E-state index in [-0.39, 0.29) is 12.5 Å². The molecule has 2 N–H and O–H groups in total. The number of pyridine rings is 1. The molecule has 6 nitrogen and oxygen atoms in total. The van der Waals surface area contributed by atoms with Gasteiger partial charge in [-0.3, -0.25) is 9.48 Å². The van der Waals surface area contributed by atoms with E-state index in [4.69, 9.17) is 0 Å². The number of hydrogen-bond donors (Lipinski definition) is 2. The van der Waals surface area contributed by atoms with Crippen molar-refractivity contribution in [2.75, 3.05) is 6.61 Å². The van der Waals surface area contributed by atoms with Gasteiger partial charge in [0, 0.05) is 12.7 Å². The topological polar surface area (TPSA) is 80.0 Å². The van der Waals surface area contributed by atoms with Gasteiger partial charge in [0.25, 0.3) is 5.91 Å². The van der Waals surface area contributed by atoms with E-state index < -0.39 is 5.54 Å². The van der Waals surface area contributed by atoms with E-state index in [0.717, 1.165) is 16.8 Å². The summed E-state index contributed by atoms with van der Waals surface area (Å²) in [6.45, 7) is 3.64. The molecule has 26 heavy (non-hydrogen) atoms. The standard InChI is InChI=1S/C20H22N4O2/c1-12-8-16(17-13(2)23-24(3)18(17)21-12)19(26)22-20(11-25)9-14-6-4-5-7-15(14)10-20/h4-8,25H,9-11H2,1-3H3,(H,22,26). The molecule has 0 saturated heterocycles. The summed E-state index contributed by atoms with van der Waals surface area (Å²) in [6.07, 6.45) is 1.26. The van der Waals surface area contributed by atoms with Crippen LogP contribution in [-0.4, -0.2) is 37.9 Å². The van der Waals surface area contributed by atoms with E-state index in [1.54, 1.807) is 10.7 Å². The number of nitrogens with zero attached hydrogens (tertiary/aromatic N) is 3. The summed E-state index contributed by atoms with van der Waals surface area (Å²) in [5.74, 6) is -0.196. The van der Waals surface area contributed by atoms with Crippen LogP contribution in [0.1, 0.15) is 32.9 Å². The average molecular weight is 350 g/mol.